The largest absolute Gasteiger partial charge is 0.339 e. The summed E-state index contributed by atoms with van der Waals surface area (Å²) in [5.74, 6) is 1.50. The normalized spacial score (nSPS) is 10.8. The molecule has 0 aliphatic carbocycles. The average Bonchev–Trinajstić information content (AvgIpc) is 2.59. The number of halogens is 1. The predicted molar refractivity (Wildman–Crippen MR) is 106 cm³/mol. The Labute approximate surface area is 156 Å². The van der Waals surface area contributed by atoms with Crippen molar-refractivity contribution in [2.45, 2.75) is 26.7 Å². The second kappa shape index (κ2) is 7.61. The zero-order valence-electron chi connectivity index (χ0n) is 14.4. The van der Waals surface area contributed by atoms with Gasteiger partial charge in [0.05, 0.1) is 6.20 Å². The molecule has 5 nitrogen and oxygen atoms in total. The highest BCUT2D eigenvalue weighted by atomic mass is 79.9. The standard InChI is InChI=1S/C19H20BrN5/c1-12(2)15-6-4-5-7-17(15)23-19-24-18(11-21-25-19)22-14-9-8-13(3)16(20)10-14/h4-12H,1-3H3,(H2,22,23,24,25). The predicted octanol–water partition coefficient (Wildman–Crippen LogP) is 5.55. The van der Waals surface area contributed by atoms with Gasteiger partial charge in [-0.15, -0.1) is 5.10 Å². The van der Waals surface area contributed by atoms with Gasteiger partial charge in [-0.2, -0.15) is 10.1 Å². The number of benzene rings is 2. The van der Waals surface area contributed by atoms with Crippen molar-refractivity contribution in [3.05, 3.63) is 64.3 Å². The number of nitrogens with one attached hydrogen (secondary N) is 2. The molecule has 0 unspecified atom stereocenters. The molecule has 0 amide bonds. The SMILES string of the molecule is Cc1ccc(Nc2cnnc(Nc3ccccc3C(C)C)n2)cc1Br. The lowest BCUT2D eigenvalue weighted by molar-refractivity contribution is 0.867. The summed E-state index contributed by atoms with van der Waals surface area (Å²) in [6.07, 6.45) is 1.60. The van der Waals surface area contributed by atoms with Crippen molar-refractivity contribution in [2.75, 3.05) is 10.6 Å². The Balaban J connectivity index is 1.81. The van der Waals surface area contributed by atoms with Crippen molar-refractivity contribution in [1.29, 1.82) is 0 Å². The lowest BCUT2D eigenvalue weighted by Gasteiger charge is -2.13. The molecule has 2 N–H and O–H groups in total. The van der Waals surface area contributed by atoms with E-state index in [1.165, 1.54) is 11.1 Å². The Hall–Kier alpha value is -2.47. The highest BCUT2D eigenvalue weighted by molar-refractivity contribution is 9.10. The topological polar surface area (TPSA) is 62.7 Å². The van der Waals surface area contributed by atoms with Crippen LogP contribution in [0.3, 0.4) is 0 Å². The Bertz CT molecular complexity index is 879. The molecule has 1 aromatic heterocycles. The first-order valence-corrected chi connectivity index (χ1v) is 8.91. The fourth-order valence-electron chi connectivity index (χ4n) is 2.47. The molecule has 0 aliphatic heterocycles. The minimum absolute atomic E-state index is 0.405. The molecule has 3 rings (SSSR count). The van der Waals surface area contributed by atoms with Crippen molar-refractivity contribution in [2.24, 2.45) is 0 Å². The van der Waals surface area contributed by atoms with E-state index in [0.29, 0.717) is 17.7 Å². The van der Waals surface area contributed by atoms with Crippen molar-refractivity contribution in [3.8, 4) is 0 Å². The van der Waals surface area contributed by atoms with E-state index in [4.69, 9.17) is 0 Å². The number of rotatable bonds is 5. The number of aryl methyl sites for hydroxylation is 1. The van der Waals surface area contributed by atoms with Crippen LogP contribution in [-0.4, -0.2) is 15.2 Å². The third-order valence-corrected chi connectivity index (χ3v) is 4.69. The molecular formula is C19H20BrN5. The van der Waals surface area contributed by atoms with Crippen LogP contribution in [0.1, 0.15) is 30.9 Å². The van der Waals surface area contributed by atoms with Crippen LogP contribution in [-0.2, 0) is 0 Å². The van der Waals surface area contributed by atoms with Crippen LogP contribution in [0, 0.1) is 6.92 Å². The molecule has 0 atom stereocenters. The Morgan fingerprint density at radius 1 is 1.04 bits per heavy atom. The van der Waals surface area contributed by atoms with E-state index in [0.717, 1.165) is 15.8 Å². The lowest BCUT2D eigenvalue weighted by Crippen LogP contribution is -2.04. The summed E-state index contributed by atoms with van der Waals surface area (Å²) in [5, 5.41) is 14.6. The van der Waals surface area contributed by atoms with Crippen molar-refractivity contribution in [1.82, 2.24) is 15.2 Å². The van der Waals surface area contributed by atoms with Gasteiger partial charge in [0.25, 0.3) is 0 Å². The highest BCUT2D eigenvalue weighted by Crippen LogP contribution is 2.26. The van der Waals surface area contributed by atoms with Crippen LogP contribution in [0.25, 0.3) is 0 Å². The van der Waals surface area contributed by atoms with Gasteiger partial charge in [0.1, 0.15) is 0 Å². The Morgan fingerprint density at radius 2 is 1.84 bits per heavy atom. The molecule has 25 heavy (non-hydrogen) atoms. The van der Waals surface area contributed by atoms with Crippen LogP contribution in [0.5, 0.6) is 0 Å². The average molecular weight is 398 g/mol. The summed E-state index contributed by atoms with van der Waals surface area (Å²) in [4.78, 5) is 4.50. The number of nitrogens with zero attached hydrogens (tertiary/aromatic N) is 3. The highest BCUT2D eigenvalue weighted by Gasteiger charge is 2.08. The van der Waals surface area contributed by atoms with Crippen LogP contribution < -0.4 is 10.6 Å². The van der Waals surface area contributed by atoms with E-state index in [9.17, 15) is 0 Å². The van der Waals surface area contributed by atoms with Gasteiger partial charge in [0.2, 0.25) is 5.95 Å². The minimum atomic E-state index is 0.405. The van der Waals surface area contributed by atoms with E-state index in [-0.39, 0.29) is 0 Å². The lowest BCUT2D eigenvalue weighted by atomic mass is 10.0. The quantitative estimate of drug-likeness (QED) is 0.590. The third kappa shape index (κ3) is 4.33. The minimum Gasteiger partial charge on any atom is -0.339 e. The zero-order chi connectivity index (χ0) is 17.8. The van der Waals surface area contributed by atoms with Crippen LogP contribution in [0.4, 0.5) is 23.1 Å². The van der Waals surface area contributed by atoms with Crippen molar-refractivity contribution >= 4 is 39.1 Å². The Kier molecular flexibility index (Phi) is 5.28. The number of hydrogen-bond donors (Lipinski definition) is 2. The molecule has 0 saturated carbocycles. The van der Waals surface area contributed by atoms with Crippen LogP contribution in [0.2, 0.25) is 0 Å². The van der Waals surface area contributed by atoms with Crippen LogP contribution in [0.15, 0.2) is 53.1 Å². The number of hydrogen-bond acceptors (Lipinski definition) is 5. The van der Waals surface area contributed by atoms with Gasteiger partial charge in [-0.25, -0.2) is 0 Å². The van der Waals surface area contributed by atoms with Crippen LogP contribution >= 0.6 is 15.9 Å². The fraction of sp³-hybridized carbons (Fsp3) is 0.211. The number of para-hydroxylation sites is 1. The molecule has 0 spiro atoms. The van der Waals surface area contributed by atoms with Gasteiger partial charge >= 0.3 is 0 Å². The van der Waals surface area contributed by atoms with Gasteiger partial charge in [0.15, 0.2) is 5.82 Å². The van der Waals surface area contributed by atoms with Crippen molar-refractivity contribution < 1.29 is 0 Å². The van der Waals surface area contributed by atoms with E-state index < -0.39 is 0 Å². The molecule has 1 heterocycles. The molecule has 2 aromatic carbocycles. The summed E-state index contributed by atoms with van der Waals surface area (Å²) in [7, 11) is 0. The van der Waals surface area contributed by atoms with E-state index in [1.54, 1.807) is 6.20 Å². The summed E-state index contributed by atoms with van der Waals surface area (Å²) in [5.41, 5.74) is 4.33. The second-order valence-electron chi connectivity index (χ2n) is 6.12. The number of aromatic nitrogens is 3. The van der Waals surface area contributed by atoms with Gasteiger partial charge in [0, 0.05) is 15.8 Å². The number of anilines is 4. The molecule has 0 aliphatic rings. The molecular weight excluding hydrogens is 378 g/mol. The summed E-state index contributed by atoms with van der Waals surface area (Å²) in [6, 6.07) is 14.2. The maximum Gasteiger partial charge on any atom is 0.249 e. The molecule has 0 saturated heterocycles. The molecule has 0 radical (unpaired) electrons. The first kappa shape index (κ1) is 17.4. The summed E-state index contributed by atoms with van der Waals surface area (Å²) in [6.45, 7) is 6.37. The maximum absolute atomic E-state index is 4.50. The molecule has 128 valence electrons. The third-order valence-electron chi connectivity index (χ3n) is 3.83. The first-order valence-electron chi connectivity index (χ1n) is 8.12. The molecule has 0 fully saturated rings. The van der Waals surface area contributed by atoms with E-state index in [1.807, 2.05) is 43.3 Å². The summed E-state index contributed by atoms with van der Waals surface area (Å²) >= 11 is 3.54. The van der Waals surface area contributed by atoms with E-state index in [2.05, 4.69) is 61.7 Å². The zero-order valence-corrected chi connectivity index (χ0v) is 16.0. The van der Waals surface area contributed by atoms with Crippen molar-refractivity contribution in [3.63, 3.8) is 0 Å². The van der Waals surface area contributed by atoms with Gasteiger partial charge in [-0.3, -0.25) is 0 Å². The monoisotopic (exact) mass is 397 g/mol. The molecule has 3 aromatic rings. The summed E-state index contributed by atoms with van der Waals surface area (Å²) < 4.78 is 1.05. The van der Waals surface area contributed by atoms with Gasteiger partial charge in [-0.1, -0.05) is 54.0 Å². The molecule has 6 heteroatoms. The first-order chi connectivity index (χ1) is 12.0. The molecule has 0 bridgehead atoms. The second-order valence-corrected chi connectivity index (χ2v) is 6.98. The Morgan fingerprint density at radius 3 is 2.60 bits per heavy atom. The smallest absolute Gasteiger partial charge is 0.249 e. The fourth-order valence-corrected chi connectivity index (χ4v) is 2.85. The van der Waals surface area contributed by atoms with Gasteiger partial charge < -0.3 is 10.6 Å². The maximum atomic E-state index is 4.50. The van der Waals surface area contributed by atoms with Gasteiger partial charge in [-0.05, 0) is 42.2 Å². The van der Waals surface area contributed by atoms with E-state index >= 15 is 0 Å².